The first kappa shape index (κ1) is 23.0. The number of aromatic nitrogens is 3. The molecular weight excluding hydrogens is 437 g/mol. The molecule has 156 valence electrons. The van der Waals surface area contributed by atoms with E-state index in [0.29, 0.717) is 13.2 Å². The molecule has 1 fully saturated rings. The van der Waals surface area contributed by atoms with Crippen LogP contribution in [0, 0.1) is 0 Å². The zero-order valence-corrected chi connectivity index (χ0v) is 17.6. The summed E-state index contributed by atoms with van der Waals surface area (Å²) in [6.07, 6.45) is 0.737. The lowest BCUT2D eigenvalue weighted by Gasteiger charge is -2.29. The van der Waals surface area contributed by atoms with Crippen molar-refractivity contribution in [2.24, 2.45) is 11.5 Å². The number of hydrogen-bond donors (Lipinski definition) is 4. The lowest BCUT2D eigenvalue weighted by molar-refractivity contribution is 0.0751. The molecule has 0 bridgehead atoms. The minimum atomic E-state index is -0.701. The highest BCUT2D eigenvalue weighted by Crippen LogP contribution is 2.31. The summed E-state index contributed by atoms with van der Waals surface area (Å²) in [5, 5.41) is 16.1. The number of nitrogens with zero attached hydrogens (tertiary/aromatic N) is 3. The molecule has 0 radical (unpaired) electrons. The second kappa shape index (κ2) is 9.99. The number of primary amides is 1. The highest BCUT2D eigenvalue weighted by Gasteiger charge is 2.24. The molecular formula is C17H21Cl2N7O2S. The van der Waals surface area contributed by atoms with Gasteiger partial charge in [-0.15, -0.1) is 46.3 Å². The van der Waals surface area contributed by atoms with Crippen LogP contribution in [0.3, 0.4) is 0 Å². The lowest BCUT2D eigenvalue weighted by Crippen LogP contribution is -2.48. The molecule has 29 heavy (non-hydrogen) atoms. The third kappa shape index (κ3) is 5.22. The number of thiophene rings is 1. The molecule has 0 unspecified atom stereocenters. The van der Waals surface area contributed by atoms with Crippen molar-refractivity contribution >= 4 is 68.9 Å². The van der Waals surface area contributed by atoms with Gasteiger partial charge < -0.3 is 26.8 Å². The van der Waals surface area contributed by atoms with Crippen LogP contribution in [-0.4, -0.2) is 46.4 Å². The van der Waals surface area contributed by atoms with Gasteiger partial charge in [0, 0.05) is 23.4 Å². The fourth-order valence-electron chi connectivity index (χ4n) is 2.91. The van der Waals surface area contributed by atoms with Crippen LogP contribution in [0.15, 0.2) is 30.3 Å². The van der Waals surface area contributed by atoms with E-state index in [-0.39, 0.29) is 54.4 Å². The number of nitrogens with one attached hydrogen (secondary N) is 2. The first-order chi connectivity index (χ1) is 13.1. The van der Waals surface area contributed by atoms with Gasteiger partial charge in [-0.25, -0.2) is 0 Å². The van der Waals surface area contributed by atoms with E-state index in [9.17, 15) is 4.79 Å². The van der Waals surface area contributed by atoms with Gasteiger partial charge in [-0.05, 0) is 23.9 Å². The zero-order valence-electron chi connectivity index (χ0n) is 15.2. The van der Waals surface area contributed by atoms with Crippen molar-refractivity contribution in [3.8, 4) is 0 Å². The number of ether oxygens (including phenoxy) is 1. The number of carbonyl (C=O) groups is 1. The Morgan fingerprint density at radius 2 is 2.03 bits per heavy atom. The first-order valence-corrected chi connectivity index (χ1v) is 9.32. The number of halogens is 2. The number of anilines is 3. The van der Waals surface area contributed by atoms with Crippen molar-refractivity contribution in [3.05, 3.63) is 36.0 Å². The van der Waals surface area contributed by atoms with Crippen LogP contribution < -0.4 is 22.1 Å². The molecule has 0 aliphatic carbocycles. The van der Waals surface area contributed by atoms with Gasteiger partial charge in [-0.1, -0.05) is 18.2 Å². The quantitative estimate of drug-likeness (QED) is 0.457. The van der Waals surface area contributed by atoms with E-state index in [2.05, 4.69) is 25.8 Å². The van der Waals surface area contributed by atoms with E-state index in [1.807, 2.05) is 30.3 Å². The maximum atomic E-state index is 11.7. The fourth-order valence-corrected chi connectivity index (χ4v) is 3.87. The van der Waals surface area contributed by atoms with Crippen molar-refractivity contribution < 1.29 is 9.53 Å². The Labute approximate surface area is 183 Å². The molecule has 6 N–H and O–H groups in total. The molecule has 9 nitrogen and oxygen atoms in total. The molecule has 1 aromatic carbocycles. The molecule has 3 aromatic rings. The Kier molecular flexibility index (Phi) is 7.94. The summed E-state index contributed by atoms with van der Waals surface area (Å²) in [6, 6.07) is 9.77. The Hall–Kier alpha value is -2.24. The number of rotatable bonds is 5. The van der Waals surface area contributed by atoms with Gasteiger partial charge in [0.15, 0.2) is 11.5 Å². The van der Waals surface area contributed by atoms with Crippen LogP contribution in [0.5, 0.6) is 0 Å². The number of hydrogen-bond acceptors (Lipinski definition) is 9. The van der Waals surface area contributed by atoms with Crippen molar-refractivity contribution in [2.45, 2.75) is 18.5 Å². The summed E-state index contributed by atoms with van der Waals surface area (Å²) in [4.78, 5) is 16.1. The largest absolute Gasteiger partial charge is 0.380 e. The zero-order chi connectivity index (χ0) is 18.8. The van der Waals surface area contributed by atoms with Crippen molar-refractivity contribution in [1.82, 2.24) is 15.2 Å². The molecule has 1 amide bonds. The smallest absolute Gasteiger partial charge is 0.273 e. The molecule has 3 heterocycles. The van der Waals surface area contributed by atoms with Gasteiger partial charge in [-0.3, -0.25) is 4.79 Å². The molecule has 0 saturated carbocycles. The van der Waals surface area contributed by atoms with E-state index in [1.165, 1.54) is 0 Å². The molecule has 2 atom stereocenters. The van der Waals surface area contributed by atoms with Crippen LogP contribution in [0.2, 0.25) is 0 Å². The van der Waals surface area contributed by atoms with Gasteiger partial charge in [-0.2, -0.15) is 4.98 Å². The van der Waals surface area contributed by atoms with Gasteiger partial charge in [0.2, 0.25) is 5.95 Å². The Bertz CT molecular complexity index is 954. The Morgan fingerprint density at radius 1 is 1.24 bits per heavy atom. The van der Waals surface area contributed by atoms with Gasteiger partial charge in [0.05, 0.1) is 11.6 Å². The number of fused-ring (bicyclic) bond motifs is 1. The summed E-state index contributed by atoms with van der Waals surface area (Å²) < 4.78 is 6.46. The average molecular weight is 458 g/mol. The summed E-state index contributed by atoms with van der Waals surface area (Å²) in [6.45, 7) is 1.09. The number of carbonyl (C=O) groups excluding carboxylic acids is 1. The highest BCUT2D eigenvalue weighted by atomic mass is 35.5. The average Bonchev–Trinajstić information content (AvgIpc) is 3.06. The van der Waals surface area contributed by atoms with Gasteiger partial charge >= 0.3 is 0 Å². The first-order valence-electron chi connectivity index (χ1n) is 8.50. The maximum absolute atomic E-state index is 11.7. The van der Waals surface area contributed by atoms with E-state index >= 15 is 0 Å². The monoisotopic (exact) mass is 457 g/mol. The second-order valence-corrected chi connectivity index (χ2v) is 7.33. The van der Waals surface area contributed by atoms with E-state index < -0.39 is 5.91 Å². The normalized spacial score (nSPS) is 18.4. The van der Waals surface area contributed by atoms with E-state index in [0.717, 1.165) is 21.5 Å². The molecule has 1 aliphatic heterocycles. The second-order valence-electron chi connectivity index (χ2n) is 6.25. The van der Waals surface area contributed by atoms with Crippen molar-refractivity contribution in [1.29, 1.82) is 0 Å². The summed E-state index contributed by atoms with van der Waals surface area (Å²) >= 11 is 1.55. The lowest BCUT2D eigenvalue weighted by atomic mass is 10.1. The van der Waals surface area contributed by atoms with Gasteiger partial charge in [0.1, 0.15) is 0 Å². The van der Waals surface area contributed by atoms with Crippen LogP contribution in [-0.2, 0) is 4.74 Å². The topological polar surface area (TPSA) is 141 Å². The minimum Gasteiger partial charge on any atom is -0.380 e. The molecule has 0 spiro atoms. The third-order valence-electron chi connectivity index (χ3n) is 4.30. The minimum absolute atomic E-state index is 0. The number of amides is 1. The van der Waals surface area contributed by atoms with Gasteiger partial charge in [0.25, 0.3) is 5.91 Å². The van der Waals surface area contributed by atoms with Crippen LogP contribution >= 0.6 is 36.2 Å². The van der Waals surface area contributed by atoms with E-state index in [4.69, 9.17) is 16.2 Å². The maximum Gasteiger partial charge on any atom is 0.273 e. The third-order valence-corrected chi connectivity index (χ3v) is 5.33. The van der Waals surface area contributed by atoms with Crippen molar-refractivity contribution in [3.63, 3.8) is 0 Å². The van der Waals surface area contributed by atoms with Crippen LogP contribution in [0.25, 0.3) is 10.1 Å². The Balaban J connectivity index is 0.00000150. The van der Waals surface area contributed by atoms with E-state index in [1.54, 1.807) is 11.3 Å². The predicted molar refractivity (Wildman–Crippen MR) is 119 cm³/mol. The predicted octanol–water partition coefficient (Wildman–Crippen LogP) is 2.30. The summed E-state index contributed by atoms with van der Waals surface area (Å²) in [7, 11) is 0. The fraction of sp³-hybridized carbons (Fsp3) is 0.294. The van der Waals surface area contributed by atoms with Crippen molar-refractivity contribution in [2.75, 3.05) is 23.8 Å². The molecule has 1 aliphatic rings. The number of nitrogens with two attached hydrogens (primary N) is 2. The molecule has 2 aromatic heterocycles. The molecule has 1 saturated heterocycles. The van der Waals surface area contributed by atoms with Crippen LogP contribution in [0.1, 0.15) is 16.9 Å². The molecule has 12 heteroatoms. The standard InChI is InChI=1S/C17H19N7O2S.2ClH/c18-10-8-26-6-5-11(10)20-17-22-16(14(15(19)25)23-24-17)21-13-7-9-3-1-2-4-12(9)27-13;;/h1-4,7,10-11H,5-6,8,18H2,(H2,19,25)(H2,20,21,22,24);2*1H/t10-,11+;;/m0../s1. The number of benzene rings is 1. The highest BCUT2D eigenvalue weighted by molar-refractivity contribution is 7.22. The SMILES string of the molecule is Cl.Cl.NC(=O)c1nnc(N[C@@H]2CCOC[C@@H]2N)nc1Nc1cc2ccccc2s1. The molecule has 4 rings (SSSR count). The summed E-state index contributed by atoms with van der Waals surface area (Å²) in [5.74, 6) is -0.161. The van der Waals surface area contributed by atoms with Crippen LogP contribution in [0.4, 0.5) is 16.8 Å². The Morgan fingerprint density at radius 3 is 2.76 bits per heavy atom. The summed E-state index contributed by atoms with van der Waals surface area (Å²) in [5.41, 5.74) is 11.5.